The largest absolute Gasteiger partial charge is 0.388 e. The third-order valence-corrected chi connectivity index (χ3v) is 2.38. The molecule has 0 aromatic heterocycles. The molecule has 1 rings (SSSR count). The normalized spacial score (nSPS) is 12.6. The van der Waals surface area contributed by atoms with E-state index in [-0.39, 0.29) is 6.42 Å². The van der Waals surface area contributed by atoms with Gasteiger partial charge >= 0.3 is 0 Å². The fourth-order valence-corrected chi connectivity index (χ4v) is 1.34. The molecule has 1 N–H and O–H groups in total. The number of benzene rings is 1. The van der Waals surface area contributed by atoms with Crippen LogP contribution in [-0.2, 0) is 6.42 Å². The molecule has 1 nitrogen and oxygen atoms in total. The van der Waals surface area contributed by atoms with E-state index in [4.69, 9.17) is 11.6 Å². The lowest BCUT2D eigenvalue weighted by Gasteiger charge is -2.11. The molecule has 1 aromatic carbocycles. The number of aliphatic hydroxyl groups is 1. The fourth-order valence-electron chi connectivity index (χ4n) is 1.09. The van der Waals surface area contributed by atoms with Crippen molar-refractivity contribution in [1.29, 1.82) is 0 Å². The lowest BCUT2D eigenvalue weighted by molar-refractivity contribution is 0.210. The Labute approximate surface area is 87.8 Å². The second kappa shape index (κ2) is 4.58. The van der Waals surface area contributed by atoms with E-state index < -0.39 is 11.9 Å². The predicted octanol–water partition coefficient (Wildman–Crippen LogP) is 2.96. The van der Waals surface area contributed by atoms with Crippen molar-refractivity contribution in [2.75, 3.05) is 0 Å². The molecule has 0 amide bonds. The van der Waals surface area contributed by atoms with Gasteiger partial charge in [-0.3, -0.25) is 0 Å². The zero-order chi connectivity index (χ0) is 10.7. The van der Waals surface area contributed by atoms with Gasteiger partial charge in [-0.15, -0.1) is 0 Å². The van der Waals surface area contributed by atoms with Crippen LogP contribution < -0.4 is 0 Å². The minimum Gasteiger partial charge on any atom is -0.388 e. The molecule has 0 aliphatic heterocycles. The number of aliphatic hydroxyl groups excluding tert-OH is 1. The number of halogens is 2. The first-order valence-electron chi connectivity index (χ1n) is 4.28. The van der Waals surface area contributed by atoms with E-state index in [1.165, 1.54) is 12.1 Å². The molecule has 1 unspecified atom stereocenters. The van der Waals surface area contributed by atoms with E-state index >= 15 is 0 Å². The van der Waals surface area contributed by atoms with Crippen molar-refractivity contribution in [3.63, 3.8) is 0 Å². The Hall–Kier alpha value is -0.860. The molecule has 0 heterocycles. The quantitative estimate of drug-likeness (QED) is 0.767. The lowest BCUT2D eigenvalue weighted by atomic mass is 10.0. The van der Waals surface area contributed by atoms with Gasteiger partial charge in [-0.05, 0) is 19.1 Å². The highest BCUT2D eigenvalue weighted by Crippen LogP contribution is 2.21. The summed E-state index contributed by atoms with van der Waals surface area (Å²) in [5, 5.41) is 9.84. The molecule has 1 atom stereocenters. The molecule has 0 aliphatic carbocycles. The standard InChI is InChI=1S/C11H12ClFO/c1-7(2)11(14)6-8-9(12)4-3-5-10(8)13/h3-5,11,14H,1,6H2,2H3. The van der Waals surface area contributed by atoms with Crippen LogP contribution in [0.5, 0.6) is 0 Å². The Morgan fingerprint density at radius 3 is 2.79 bits per heavy atom. The number of hydrogen-bond donors (Lipinski definition) is 1. The van der Waals surface area contributed by atoms with E-state index in [1.807, 2.05) is 0 Å². The predicted molar refractivity (Wildman–Crippen MR) is 55.9 cm³/mol. The van der Waals surface area contributed by atoms with Gasteiger partial charge in [0.25, 0.3) is 0 Å². The minimum absolute atomic E-state index is 0.167. The Balaban J connectivity index is 2.91. The first-order chi connectivity index (χ1) is 6.52. The summed E-state index contributed by atoms with van der Waals surface area (Å²) in [7, 11) is 0. The van der Waals surface area contributed by atoms with Gasteiger partial charge in [0, 0.05) is 17.0 Å². The summed E-state index contributed by atoms with van der Waals surface area (Å²) in [5.74, 6) is -0.391. The highest BCUT2D eigenvalue weighted by molar-refractivity contribution is 6.31. The summed E-state index contributed by atoms with van der Waals surface area (Å²) in [6.45, 7) is 5.29. The molecule has 14 heavy (non-hydrogen) atoms. The average Bonchev–Trinajstić information content (AvgIpc) is 2.11. The maximum absolute atomic E-state index is 13.2. The molecule has 0 saturated heterocycles. The van der Waals surface area contributed by atoms with Crippen LogP contribution in [0, 0.1) is 5.82 Å². The SMILES string of the molecule is C=C(C)C(O)Cc1c(F)cccc1Cl. The van der Waals surface area contributed by atoms with Crippen LogP contribution in [0.1, 0.15) is 12.5 Å². The van der Waals surface area contributed by atoms with E-state index in [0.29, 0.717) is 16.2 Å². The van der Waals surface area contributed by atoms with Crippen LogP contribution in [0.2, 0.25) is 5.02 Å². The van der Waals surface area contributed by atoms with Crippen molar-refractivity contribution < 1.29 is 9.50 Å². The van der Waals surface area contributed by atoms with E-state index in [9.17, 15) is 9.50 Å². The Morgan fingerprint density at radius 1 is 1.64 bits per heavy atom. The number of rotatable bonds is 3. The van der Waals surface area contributed by atoms with E-state index in [1.54, 1.807) is 13.0 Å². The summed E-state index contributed by atoms with van der Waals surface area (Å²) in [6.07, 6.45) is -0.578. The maximum atomic E-state index is 13.2. The van der Waals surface area contributed by atoms with Gasteiger partial charge in [0.1, 0.15) is 5.82 Å². The van der Waals surface area contributed by atoms with Gasteiger partial charge in [0.15, 0.2) is 0 Å². The highest BCUT2D eigenvalue weighted by atomic mass is 35.5. The van der Waals surface area contributed by atoms with E-state index in [0.717, 1.165) is 0 Å². The van der Waals surface area contributed by atoms with Crippen LogP contribution in [0.25, 0.3) is 0 Å². The van der Waals surface area contributed by atoms with Crippen LogP contribution in [0.4, 0.5) is 4.39 Å². The molecule has 0 bridgehead atoms. The summed E-state index contributed by atoms with van der Waals surface area (Å²) < 4.78 is 13.2. The second-order valence-electron chi connectivity index (χ2n) is 3.27. The average molecular weight is 215 g/mol. The molecule has 0 spiro atoms. The lowest BCUT2D eigenvalue weighted by Crippen LogP contribution is -2.12. The Bertz CT molecular complexity index is 329. The highest BCUT2D eigenvalue weighted by Gasteiger charge is 2.12. The topological polar surface area (TPSA) is 20.2 Å². The zero-order valence-corrected chi connectivity index (χ0v) is 8.68. The summed E-state index contributed by atoms with van der Waals surface area (Å²) in [4.78, 5) is 0. The molecule has 76 valence electrons. The van der Waals surface area contributed by atoms with Gasteiger partial charge in [0.05, 0.1) is 6.10 Å². The van der Waals surface area contributed by atoms with Crippen molar-refractivity contribution in [2.45, 2.75) is 19.4 Å². The van der Waals surface area contributed by atoms with Crippen molar-refractivity contribution in [3.05, 3.63) is 46.8 Å². The van der Waals surface area contributed by atoms with Crippen molar-refractivity contribution >= 4 is 11.6 Å². The molecule has 0 saturated carbocycles. The molecule has 1 aromatic rings. The molecule has 0 fully saturated rings. The number of hydrogen-bond acceptors (Lipinski definition) is 1. The third-order valence-electron chi connectivity index (χ3n) is 2.03. The summed E-state index contributed by atoms with van der Waals surface area (Å²) >= 11 is 5.80. The minimum atomic E-state index is -0.746. The van der Waals surface area contributed by atoms with E-state index in [2.05, 4.69) is 6.58 Å². The zero-order valence-electron chi connectivity index (χ0n) is 7.93. The van der Waals surface area contributed by atoms with Gasteiger partial charge < -0.3 is 5.11 Å². The Kier molecular flexibility index (Phi) is 3.67. The fraction of sp³-hybridized carbons (Fsp3) is 0.273. The van der Waals surface area contributed by atoms with Crippen molar-refractivity contribution in [3.8, 4) is 0 Å². The molecular formula is C11H12ClFO. The first-order valence-corrected chi connectivity index (χ1v) is 4.66. The van der Waals surface area contributed by atoms with Crippen molar-refractivity contribution in [2.24, 2.45) is 0 Å². The van der Waals surface area contributed by atoms with Gasteiger partial charge in [-0.25, -0.2) is 4.39 Å². The smallest absolute Gasteiger partial charge is 0.127 e. The van der Waals surface area contributed by atoms with Gasteiger partial charge in [-0.2, -0.15) is 0 Å². The maximum Gasteiger partial charge on any atom is 0.127 e. The molecular weight excluding hydrogens is 203 g/mol. The molecule has 0 aliphatic rings. The molecule has 0 radical (unpaired) electrons. The second-order valence-corrected chi connectivity index (χ2v) is 3.67. The van der Waals surface area contributed by atoms with Crippen molar-refractivity contribution in [1.82, 2.24) is 0 Å². The van der Waals surface area contributed by atoms with Crippen LogP contribution in [0.3, 0.4) is 0 Å². The van der Waals surface area contributed by atoms with Crippen LogP contribution >= 0.6 is 11.6 Å². The van der Waals surface area contributed by atoms with Crippen LogP contribution in [0.15, 0.2) is 30.4 Å². The third kappa shape index (κ3) is 2.56. The summed E-state index contributed by atoms with van der Waals surface area (Å²) in [5.41, 5.74) is 0.939. The Morgan fingerprint density at radius 2 is 2.29 bits per heavy atom. The summed E-state index contributed by atoms with van der Waals surface area (Å²) in [6, 6.07) is 4.46. The first kappa shape index (κ1) is 11.2. The van der Waals surface area contributed by atoms with Gasteiger partial charge in [-0.1, -0.05) is 29.8 Å². The van der Waals surface area contributed by atoms with Crippen LogP contribution in [-0.4, -0.2) is 11.2 Å². The van der Waals surface area contributed by atoms with Gasteiger partial charge in [0.2, 0.25) is 0 Å². The molecule has 3 heteroatoms. The monoisotopic (exact) mass is 214 g/mol.